The van der Waals surface area contributed by atoms with Gasteiger partial charge in [-0.25, -0.2) is 4.79 Å². The van der Waals surface area contributed by atoms with Gasteiger partial charge in [-0.3, -0.25) is 9.59 Å². The molecular weight excluding hydrogens is 412 g/mol. The molecule has 172 valence electrons. The molecule has 1 aromatic carbocycles. The van der Waals surface area contributed by atoms with Crippen LogP contribution < -0.4 is 10.6 Å². The number of esters is 1. The number of nitrogens with zero attached hydrogens (tertiary/aromatic N) is 2. The van der Waals surface area contributed by atoms with Crippen LogP contribution in [0.1, 0.15) is 79.5 Å². The lowest BCUT2D eigenvalue weighted by Crippen LogP contribution is -2.45. The summed E-state index contributed by atoms with van der Waals surface area (Å²) in [5, 5.41) is 10.0. The number of anilines is 1. The first-order valence-corrected chi connectivity index (χ1v) is 10.9. The number of hydrogen-bond donors (Lipinski definition) is 2. The second kappa shape index (κ2) is 10.4. The SMILES string of the molecule is COC(=O)c1ccc(C)c(NC(=O)CCc2nc(C3(NC(C)=O)CCCCCC3)no2)c1. The zero-order valence-electron chi connectivity index (χ0n) is 18.8. The minimum absolute atomic E-state index is 0.123. The van der Waals surface area contributed by atoms with E-state index in [2.05, 4.69) is 20.8 Å². The highest BCUT2D eigenvalue weighted by molar-refractivity contribution is 5.95. The van der Waals surface area contributed by atoms with Gasteiger partial charge in [0.15, 0.2) is 5.82 Å². The normalized spacial score (nSPS) is 15.5. The summed E-state index contributed by atoms with van der Waals surface area (Å²) in [4.78, 5) is 40.6. The Morgan fingerprint density at radius 2 is 1.88 bits per heavy atom. The van der Waals surface area contributed by atoms with Crippen molar-refractivity contribution in [2.75, 3.05) is 12.4 Å². The van der Waals surface area contributed by atoms with Crippen LogP contribution in [-0.2, 0) is 26.3 Å². The fourth-order valence-electron chi connectivity index (χ4n) is 4.06. The highest BCUT2D eigenvalue weighted by atomic mass is 16.5. The predicted octanol–water partition coefficient (Wildman–Crippen LogP) is 3.42. The molecule has 0 saturated heterocycles. The molecule has 1 saturated carbocycles. The Hall–Kier alpha value is -3.23. The summed E-state index contributed by atoms with van der Waals surface area (Å²) in [6.07, 6.45) is 6.13. The summed E-state index contributed by atoms with van der Waals surface area (Å²) in [5.41, 5.74) is 1.13. The number of aryl methyl sites for hydroxylation is 2. The quantitative estimate of drug-likeness (QED) is 0.497. The van der Waals surface area contributed by atoms with E-state index in [4.69, 9.17) is 9.26 Å². The summed E-state index contributed by atoms with van der Waals surface area (Å²) >= 11 is 0. The zero-order chi connectivity index (χ0) is 23.1. The van der Waals surface area contributed by atoms with E-state index in [9.17, 15) is 14.4 Å². The van der Waals surface area contributed by atoms with Crippen molar-refractivity contribution in [1.82, 2.24) is 15.5 Å². The standard InChI is InChI=1S/C23H30N4O5/c1-15-8-9-17(21(30)31-3)14-18(15)24-19(29)10-11-20-25-22(27-32-20)23(26-16(2)28)12-6-4-5-7-13-23/h8-9,14H,4-7,10-13H2,1-3H3,(H,24,29)(H,26,28). The monoisotopic (exact) mass is 442 g/mol. The third kappa shape index (κ3) is 5.72. The van der Waals surface area contributed by atoms with Crippen LogP contribution in [0.15, 0.2) is 22.7 Å². The van der Waals surface area contributed by atoms with Crippen molar-refractivity contribution in [2.24, 2.45) is 0 Å². The fourth-order valence-corrected chi connectivity index (χ4v) is 4.06. The van der Waals surface area contributed by atoms with Crippen LogP contribution in [0.4, 0.5) is 5.69 Å². The molecule has 9 heteroatoms. The smallest absolute Gasteiger partial charge is 0.337 e. The van der Waals surface area contributed by atoms with Gasteiger partial charge in [-0.1, -0.05) is 36.9 Å². The van der Waals surface area contributed by atoms with Gasteiger partial charge in [0, 0.05) is 25.5 Å². The first-order chi connectivity index (χ1) is 15.3. The third-order valence-corrected chi connectivity index (χ3v) is 5.77. The van der Waals surface area contributed by atoms with Crippen LogP contribution in [0.5, 0.6) is 0 Å². The van der Waals surface area contributed by atoms with Gasteiger partial charge in [-0.2, -0.15) is 4.98 Å². The number of rotatable bonds is 7. The predicted molar refractivity (Wildman–Crippen MR) is 117 cm³/mol. The van der Waals surface area contributed by atoms with Crippen LogP contribution in [-0.4, -0.2) is 35.0 Å². The Morgan fingerprint density at radius 1 is 1.16 bits per heavy atom. The average molecular weight is 443 g/mol. The zero-order valence-corrected chi connectivity index (χ0v) is 18.8. The van der Waals surface area contributed by atoms with E-state index in [-0.39, 0.29) is 24.7 Å². The maximum absolute atomic E-state index is 12.5. The molecule has 1 heterocycles. The van der Waals surface area contributed by atoms with Crippen LogP contribution in [0.3, 0.4) is 0 Å². The van der Waals surface area contributed by atoms with Crippen molar-refractivity contribution in [3.8, 4) is 0 Å². The Labute approximate surface area is 187 Å². The molecule has 9 nitrogen and oxygen atoms in total. The number of ether oxygens (including phenoxy) is 1. The lowest BCUT2D eigenvalue weighted by Gasteiger charge is -2.30. The lowest BCUT2D eigenvalue weighted by atomic mass is 9.89. The van der Waals surface area contributed by atoms with Crippen molar-refractivity contribution < 1.29 is 23.6 Å². The van der Waals surface area contributed by atoms with Gasteiger partial charge in [0.1, 0.15) is 5.54 Å². The van der Waals surface area contributed by atoms with Crippen LogP contribution >= 0.6 is 0 Å². The van der Waals surface area contributed by atoms with Crippen LogP contribution in [0.2, 0.25) is 0 Å². The minimum atomic E-state index is -0.613. The van der Waals surface area contributed by atoms with Crippen molar-refractivity contribution >= 4 is 23.5 Å². The molecule has 2 N–H and O–H groups in total. The molecule has 2 aromatic rings. The molecule has 1 fully saturated rings. The molecule has 0 bridgehead atoms. The molecule has 1 aliphatic carbocycles. The van der Waals surface area contributed by atoms with Crippen LogP contribution in [0.25, 0.3) is 0 Å². The molecule has 1 aliphatic rings. The molecule has 0 aliphatic heterocycles. The second-order valence-electron chi connectivity index (χ2n) is 8.26. The first-order valence-electron chi connectivity index (χ1n) is 10.9. The van der Waals surface area contributed by atoms with Gasteiger partial charge in [-0.05, 0) is 37.5 Å². The van der Waals surface area contributed by atoms with E-state index in [1.165, 1.54) is 14.0 Å². The molecule has 0 radical (unpaired) electrons. The third-order valence-electron chi connectivity index (χ3n) is 5.77. The maximum atomic E-state index is 12.5. The van der Waals surface area contributed by atoms with Gasteiger partial charge in [0.2, 0.25) is 17.7 Å². The molecule has 2 amide bonds. The number of carbonyl (C=O) groups excluding carboxylic acids is 3. The summed E-state index contributed by atoms with van der Waals surface area (Å²) in [7, 11) is 1.31. The van der Waals surface area contributed by atoms with E-state index in [1.807, 2.05) is 6.92 Å². The van der Waals surface area contributed by atoms with E-state index < -0.39 is 11.5 Å². The molecule has 1 aromatic heterocycles. The maximum Gasteiger partial charge on any atom is 0.337 e. The number of methoxy groups -OCH3 is 1. The van der Waals surface area contributed by atoms with E-state index in [0.29, 0.717) is 23.0 Å². The minimum Gasteiger partial charge on any atom is -0.465 e. The Bertz CT molecular complexity index is 977. The summed E-state index contributed by atoms with van der Waals surface area (Å²) in [6.45, 7) is 3.34. The average Bonchev–Trinajstić information content (AvgIpc) is 3.13. The fraction of sp³-hybridized carbons (Fsp3) is 0.522. The van der Waals surface area contributed by atoms with Crippen molar-refractivity contribution in [3.05, 3.63) is 41.0 Å². The Balaban J connectivity index is 1.65. The summed E-state index contributed by atoms with van der Waals surface area (Å²) < 4.78 is 10.1. The molecule has 32 heavy (non-hydrogen) atoms. The highest BCUT2D eigenvalue weighted by Crippen LogP contribution is 2.34. The Kier molecular flexibility index (Phi) is 7.61. The molecule has 0 atom stereocenters. The van der Waals surface area contributed by atoms with Crippen molar-refractivity contribution in [3.63, 3.8) is 0 Å². The first kappa shape index (κ1) is 23.4. The van der Waals surface area contributed by atoms with E-state index in [1.54, 1.807) is 18.2 Å². The summed E-state index contributed by atoms with van der Waals surface area (Å²) in [5.74, 6) is 0.00405. The molecule has 0 spiro atoms. The van der Waals surface area contributed by atoms with Gasteiger partial charge in [-0.15, -0.1) is 0 Å². The summed E-state index contributed by atoms with van der Waals surface area (Å²) in [6, 6.07) is 4.99. The van der Waals surface area contributed by atoms with Crippen molar-refractivity contribution in [2.45, 2.75) is 70.8 Å². The Morgan fingerprint density at radius 3 is 2.53 bits per heavy atom. The van der Waals surface area contributed by atoms with Gasteiger partial charge in [0.05, 0.1) is 12.7 Å². The van der Waals surface area contributed by atoms with Gasteiger partial charge < -0.3 is 19.9 Å². The number of amides is 2. The lowest BCUT2D eigenvalue weighted by molar-refractivity contribution is -0.121. The number of hydrogen-bond acceptors (Lipinski definition) is 7. The second-order valence-corrected chi connectivity index (χ2v) is 8.26. The molecular formula is C23H30N4O5. The van der Waals surface area contributed by atoms with E-state index >= 15 is 0 Å². The van der Waals surface area contributed by atoms with Crippen molar-refractivity contribution in [1.29, 1.82) is 0 Å². The van der Waals surface area contributed by atoms with Gasteiger partial charge >= 0.3 is 5.97 Å². The topological polar surface area (TPSA) is 123 Å². The molecule has 0 unspecified atom stereocenters. The van der Waals surface area contributed by atoms with Gasteiger partial charge in [0.25, 0.3) is 0 Å². The van der Waals surface area contributed by atoms with E-state index in [0.717, 1.165) is 44.1 Å². The highest BCUT2D eigenvalue weighted by Gasteiger charge is 2.38. The number of nitrogens with one attached hydrogen (secondary N) is 2. The number of benzene rings is 1. The van der Waals surface area contributed by atoms with Crippen LogP contribution in [0, 0.1) is 6.92 Å². The number of aromatic nitrogens is 2. The largest absolute Gasteiger partial charge is 0.465 e. The molecule has 3 rings (SSSR count). The number of carbonyl (C=O) groups is 3.